The third-order valence-electron chi connectivity index (χ3n) is 3.03. The first kappa shape index (κ1) is 15.8. The predicted octanol–water partition coefficient (Wildman–Crippen LogP) is 4.82. The van der Waals surface area contributed by atoms with Gasteiger partial charge in [-0.15, -0.1) is 0 Å². The fraction of sp³-hybridized carbons (Fsp3) is 0.118. The maximum absolute atomic E-state index is 12.4. The molecule has 0 radical (unpaired) electrons. The van der Waals surface area contributed by atoms with Gasteiger partial charge in [-0.3, -0.25) is 4.79 Å². The minimum atomic E-state index is -4.40. The molecule has 0 saturated carbocycles. The van der Waals surface area contributed by atoms with Gasteiger partial charge < -0.3 is 5.32 Å². The number of aryl methyl sites for hydroxylation is 1. The third-order valence-corrected chi connectivity index (χ3v) is 3.03. The zero-order valence-corrected chi connectivity index (χ0v) is 11.8. The predicted molar refractivity (Wildman–Crippen MR) is 79.7 cm³/mol. The first-order valence-corrected chi connectivity index (χ1v) is 6.57. The fourth-order valence-corrected chi connectivity index (χ4v) is 1.78. The Morgan fingerprint density at radius 2 is 1.59 bits per heavy atom. The highest BCUT2D eigenvalue weighted by Crippen LogP contribution is 2.29. The maximum atomic E-state index is 12.4. The smallest absolute Gasteiger partial charge is 0.362 e. The number of carbonyl (C=O) groups is 1. The van der Waals surface area contributed by atoms with Gasteiger partial charge in [0.05, 0.1) is 5.56 Å². The molecule has 0 bridgehead atoms. The van der Waals surface area contributed by atoms with Crippen molar-refractivity contribution < 1.29 is 18.0 Å². The van der Waals surface area contributed by atoms with E-state index in [1.54, 1.807) is 0 Å². The second-order valence-electron chi connectivity index (χ2n) is 4.78. The number of allylic oxidation sites excluding steroid dienone is 1. The van der Waals surface area contributed by atoms with Crippen molar-refractivity contribution in [3.63, 3.8) is 0 Å². The summed E-state index contributed by atoms with van der Waals surface area (Å²) in [4.78, 5) is 11.8. The van der Waals surface area contributed by atoms with Crippen molar-refractivity contribution in [2.45, 2.75) is 13.1 Å². The molecule has 22 heavy (non-hydrogen) atoms. The van der Waals surface area contributed by atoms with Gasteiger partial charge in [-0.25, -0.2) is 0 Å². The Balaban J connectivity index is 1.99. The Hall–Kier alpha value is -2.56. The number of alkyl halides is 3. The monoisotopic (exact) mass is 305 g/mol. The van der Waals surface area contributed by atoms with Crippen LogP contribution in [0.2, 0.25) is 0 Å². The average Bonchev–Trinajstić information content (AvgIpc) is 2.48. The lowest BCUT2D eigenvalue weighted by molar-refractivity contribution is -0.137. The van der Waals surface area contributed by atoms with Crippen LogP contribution in [0.15, 0.2) is 60.8 Å². The largest absolute Gasteiger partial charge is 0.416 e. The van der Waals surface area contributed by atoms with Crippen molar-refractivity contribution >= 4 is 11.5 Å². The summed E-state index contributed by atoms with van der Waals surface area (Å²) >= 11 is 0. The van der Waals surface area contributed by atoms with Gasteiger partial charge in [0.2, 0.25) is 0 Å². The van der Waals surface area contributed by atoms with E-state index in [4.69, 9.17) is 0 Å². The summed E-state index contributed by atoms with van der Waals surface area (Å²) < 4.78 is 37.3. The highest BCUT2D eigenvalue weighted by molar-refractivity contribution is 6.04. The minimum Gasteiger partial charge on any atom is -0.362 e. The van der Waals surface area contributed by atoms with Gasteiger partial charge in [0.15, 0.2) is 5.78 Å². The Bertz CT molecular complexity index is 671. The molecule has 2 aromatic carbocycles. The van der Waals surface area contributed by atoms with Crippen molar-refractivity contribution in [1.82, 2.24) is 0 Å². The SMILES string of the molecule is Cc1ccc(N/C=C/C(=O)c2ccc(C(F)(F)F)cc2)cc1. The van der Waals surface area contributed by atoms with E-state index < -0.39 is 11.7 Å². The first-order valence-electron chi connectivity index (χ1n) is 6.57. The van der Waals surface area contributed by atoms with Gasteiger partial charge in [-0.05, 0) is 31.2 Å². The molecule has 0 aliphatic heterocycles. The molecule has 2 nitrogen and oxygen atoms in total. The summed E-state index contributed by atoms with van der Waals surface area (Å²) in [7, 11) is 0. The Morgan fingerprint density at radius 1 is 1.00 bits per heavy atom. The van der Waals surface area contributed by atoms with Crippen LogP contribution in [0.3, 0.4) is 0 Å². The lowest BCUT2D eigenvalue weighted by Gasteiger charge is -2.06. The number of rotatable bonds is 4. The molecular formula is C17H14F3NO. The first-order chi connectivity index (χ1) is 10.4. The van der Waals surface area contributed by atoms with E-state index in [1.165, 1.54) is 24.4 Å². The molecule has 0 spiro atoms. The highest BCUT2D eigenvalue weighted by atomic mass is 19.4. The summed E-state index contributed by atoms with van der Waals surface area (Å²) in [5, 5.41) is 2.93. The van der Waals surface area contributed by atoms with Crippen molar-refractivity contribution in [2.24, 2.45) is 0 Å². The van der Waals surface area contributed by atoms with Gasteiger partial charge in [-0.2, -0.15) is 13.2 Å². The number of carbonyl (C=O) groups excluding carboxylic acids is 1. The van der Waals surface area contributed by atoms with Crippen LogP contribution in [-0.2, 0) is 6.18 Å². The number of benzene rings is 2. The molecular weight excluding hydrogens is 291 g/mol. The normalized spacial score (nSPS) is 11.6. The summed E-state index contributed by atoms with van der Waals surface area (Å²) in [6.07, 6.45) is -1.66. The molecule has 0 unspecified atom stereocenters. The van der Waals surface area contributed by atoms with E-state index >= 15 is 0 Å². The number of nitrogens with one attached hydrogen (secondary N) is 1. The van der Waals surface area contributed by atoms with Crippen molar-refractivity contribution in [3.8, 4) is 0 Å². The molecule has 0 aromatic heterocycles. The van der Waals surface area contributed by atoms with Gasteiger partial charge in [0, 0.05) is 23.5 Å². The molecule has 2 aromatic rings. The molecule has 0 amide bonds. The number of hydrogen-bond acceptors (Lipinski definition) is 2. The Morgan fingerprint density at radius 3 is 2.14 bits per heavy atom. The summed E-state index contributed by atoms with van der Waals surface area (Å²) in [5.74, 6) is -0.367. The van der Waals surface area contributed by atoms with Gasteiger partial charge >= 0.3 is 6.18 Å². The van der Waals surface area contributed by atoms with Crippen LogP contribution in [0.25, 0.3) is 0 Å². The molecule has 0 atom stereocenters. The van der Waals surface area contributed by atoms with Crippen LogP contribution in [0.4, 0.5) is 18.9 Å². The molecule has 0 fully saturated rings. The van der Waals surface area contributed by atoms with E-state index in [0.717, 1.165) is 23.4 Å². The molecule has 2 rings (SSSR count). The van der Waals surface area contributed by atoms with Gasteiger partial charge in [0.25, 0.3) is 0 Å². The highest BCUT2D eigenvalue weighted by Gasteiger charge is 2.30. The van der Waals surface area contributed by atoms with E-state index in [9.17, 15) is 18.0 Å². The topological polar surface area (TPSA) is 29.1 Å². The zero-order valence-electron chi connectivity index (χ0n) is 11.8. The maximum Gasteiger partial charge on any atom is 0.416 e. The Kier molecular flexibility index (Phi) is 4.65. The standard InChI is InChI=1S/C17H14F3NO/c1-12-2-8-15(9-3-12)21-11-10-16(22)13-4-6-14(7-5-13)17(18,19)20/h2-11,21H,1H3/b11-10+. The molecule has 114 valence electrons. The fourth-order valence-electron chi connectivity index (χ4n) is 1.78. The van der Waals surface area contributed by atoms with E-state index in [2.05, 4.69) is 5.32 Å². The summed E-state index contributed by atoms with van der Waals surface area (Å²) in [6.45, 7) is 1.97. The van der Waals surface area contributed by atoms with Crippen LogP contribution in [0, 0.1) is 6.92 Å². The van der Waals surface area contributed by atoms with Crippen LogP contribution in [0.1, 0.15) is 21.5 Å². The van der Waals surface area contributed by atoms with Crippen LogP contribution < -0.4 is 5.32 Å². The summed E-state index contributed by atoms with van der Waals surface area (Å²) in [6, 6.07) is 11.7. The molecule has 0 heterocycles. The molecule has 0 saturated heterocycles. The number of halogens is 3. The lowest BCUT2D eigenvalue weighted by atomic mass is 10.1. The van der Waals surface area contributed by atoms with Crippen LogP contribution >= 0.6 is 0 Å². The van der Waals surface area contributed by atoms with Gasteiger partial charge in [-0.1, -0.05) is 29.8 Å². The molecule has 5 heteroatoms. The second kappa shape index (κ2) is 6.47. The average molecular weight is 305 g/mol. The van der Waals surface area contributed by atoms with Crippen molar-refractivity contribution in [3.05, 3.63) is 77.5 Å². The quantitative estimate of drug-likeness (QED) is 0.648. The summed E-state index contributed by atoms with van der Waals surface area (Å²) in [5.41, 5.74) is 1.37. The zero-order chi connectivity index (χ0) is 16.2. The van der Waals surface area contributed by atoms with Gasteiger partial charge in [0.1, 0.15) is 0 Å². The van der Waals surface area contributed by atoms with E-state index in [1.807, 2.05) is 31.2 Å². The number of anilines is 1. The Labute approximate surface area is 126 Å². The number of hydrogen-bond donors (Lipinski definition) is 1. The molecule has 1 N–H and O–H groups in total. The van der Waals surface area contributed by atoms with Crippen molar-refractivity contribution in [1.29, 1.82) is 0 Å². The minimum absolute atomic E-state index is 0.204. The number of ketones is 1. The van der Waals surface area contributed by atoms with Crippen molar-refractivity contribution in [2.75, 3.05) is 5.32 Å². The van der Waals surface area contributed by atoms with E-state index in [0.29, 0.717) is 0 Å². The molecule has 0 aliphatic carbocycles. The van der Waals surface area contributed by atoms with Crippen LogP contribution in [-0.4, -0.2) is 5.78 Å². The second-order valence-corrected chi connectivity index (χ2v) is 4.78. The molecule has 0 aliphatic rings. The third kappa shape index (κ3) is 4.22. The van der Waals surface area contributed by atoms with E-state index in [-0.39, 0.29) is 11.3 Å². The van der Waals surface area contributed by atoms with Crippen LogP contribution in [0.5, 0.6) is 0 Å². The lowest BCUT2D eigenvalue weighted by Crippen LogP contribution is -2.05.